The van der Waals surface area contributed by atoms with Crippen LogP contribution in [-0.2, 0) is 16.1 Å². The normalized spacial score (nSPS) is 22.2. The molecule has 3 aromatic carbocycles. The Bertz CT molecular complexity index is 1170. The van der Waals surface area contributed by atoms with Crippen LogP contribution < -0.4 is 5.32 Å². The molecule has 2 heterocycles. The maximum atomic E-state index is 14.3. The molecule has 4 nitrogen and oxygen atoms in total. The molecule has 3 aromatic rings. The van der Waals surface area contributed by atoms with Crippen molar-refractivity contribution >= 4 is 23.6 Å². The molecule has 5 rings (SSSR count). The van der Waals surface area contributed by atoms with Crippen LogP contribution >= 0.6 is 11.8 Å². The Morgan fingerprint density at radius 3 is 2.47 bits per heavy atom. The van der Waals surface area contributed by atoms with E-state index >= 15 is 0 Å². The third-order valence-electron chi connectivity index (χ3n) is 6.72. The number of fused-ring (bicyclic) bond motifs is 1. The number of nitrogens with zero attached hydrogens (tertiary/aromatic N) is 1. The molecule has 0 radical (unpaired) electrons. The van der Waals surface area contributed by atoms with Crippen LogP contribution in [0, 0.1) is 11.7 Å². The first-order valence-corrected chi connectivity index (χ1v) is 12.7. The number of amides is 2. The Morgan fingerprint density at radius 1 is 0.971 bits per heavy atom. The molecular weight excluding hydrogens is 447 g/mol. The van der Waals surface area contributed by atoms with E-state index in [2.05, 4.69) is 5.32 Å². The van der Waals surface area contributed by atoms with Crippen molar-refractivity contribution in [2.24, 2.45) is 5.92 Å². The lowest BCUT2D eigenvalue weighted by Gasteiger charge is -2.41. The summed E-state index contributed by atoms with van der Waals surface area (Å²) < 4.78 is 14.3. The summed E-state index contributed by atoms with van der Waals surface area (Å²) in [6, 6.07) is 24.2. The van der Waals surface area contributed by atoms with E-state index in [9.17, 15) is 14.0 Å². The Labute approximate surface area is 203 Å². The van der Waals surface area contributed by atoms with E-state index in [1.165, 1.54) is 17.8 Å². The van der Waals surface area contributed by atoms with Gasteiger partial charge in [-0.1, -0.05) is 72.8 Å². The monoisotopic (exact) mass is 474 g/mol. The fourth-order valence-electron chi connectivity index (χ4n) is 5.07. The zero-order valence-electron chi connectivity index (χ0n) is 18.8. The average Bonchev–Trinajstić information content (AvgIpc) is 2.87. The Balaban J connectivity index is 1.44. The molecule has 0 bridgehead atoms. The molecule has 174 valence electrons. The summed E-state index contributed by atoms with van der Waals surface area (Å²) in [7, 11) is 0. The van der Waals surface area contributed by atoms with E-state index in [4.69, 9.17) is 0 Å². The molecule has 2 amide bonds. The first-order chi connectivity index (χ1) is 16.6. The second-order valence-corrected chi connectivity index (χ2v) is 9.97. The molecule has 6 heteroatoms. The zero-order valence-corrected chi connectivity index (χ0v) is 19.6. The second-order valence-electron chi connectivity index (χ2n) is 8.86. The van der Waals surface area contributed by atoms with Gasteiger partial charge in [0.05, 0.1) is 18.0 Å². The van der Waals surface area contributed by atoms with Gasteiger partial charge in [-0.2, -0.15) is 0 Å². The number of hydrogen-bond donors (Lipinski definition) is 1. The lowest BCUT2D eigenvalue weighted by Crippen LogP contribution is -2.48. The van der Waals surface area contributed by atoms with E-state index in [1.54, 1.807) is 6.07 Å². The molecular formula is C28H27FN2O2S. The van der Waals surface area contributed by atoms with E-state index < -0.39 is 0 Å². The largest absolute Gasteiger partial charge is 0.349 e. The highest BCUT2D eigenvalue weighted by atomic mass is 32.2. The smallest absolute Gasteiger partial charge is 0.226 e. The molecule has 34 heavy (non-hydrogen) atoms. The Kier molecular flexibility index (Phi) is 6.68. The quantitative estimate of drug-likeness (QED) is 0.519. The zero-order chi connectivity index (χ0) is 23.5. The molecule has 0 saturated carbocycles. The van der Waals surface area contributed by atoms with Gasteiger partial charge in [0.2, 0.25) is 11.8 Å². The number of likely N-dealkylation sites (tertiary alicyclic amines) is 1. The minimum Gasteiger partial charge on any atom is -0.349 e. The summed E-state index contributed by atoms with van der Waals surface area (Å²) in [5.41, 5.74) is 2.83. The van der Waals surface area contributed by atoms with Crippen molar-refractivity contribution in [3.8, 4) is 0 Å². The number of benzene rings is 3. The summed E-state index contributed by atoms with van der Waals surface area (Å²) in [5.74, 6) is 0.121. The van der Waals surface area contributed by atoms with Gasteiger partial charge in [0.15, 0.2) is 0 Å². The number of thioether (sulfide) groups is 1. The summed E-state index contributed by atoms with van der Waals surface area (Å²) in [4.78, 5) is 29.3. The molecule has 1 saturated heterocycles. The molecule has 0 aliphatic carbocycles. The molecule has 3 unspecified atom stereocenters. The van der Waals surface area contributed by atoms with Crippen molar-refractivity contribution in [3.63, 3.8) is 0 Å². The van der Waals surface area contributed by atoms with Gasteiger partial charge in [0.1, 0.15) is 5.82 Å². The first-order valence-electron chi connectivity index (χ1n) is 11.7. The highest BCUT2D eigenvalue weighted by Gasteiger charge is 2.41. The first kappa shape index (κ1) is 22.7. The van der Waals surface area contributed by atoms with Crippen LogP contribution in [0.3, 0.4) is 0 Å². The summed E-state index contributed by atoms with van der Waals surface area (Å²) in [5, 5.41) is 3.21. The number of halogens is 1. The van der Waals surface area contributed by atoms with Gasteiger partial charge in [0.25, 0.3) is 0 Å². The number of nitrogens with one attached hydrogen (secondary N) is 1. The van der Waals surface area contributed by atoms with Gasteiger partial charge in [-0.25, -0.2) is 4.39 Å². The number of carbonyl (C=O) groups excluding carboxylic acids is 2. The van der Waals surface area contributed by atoms with Gasteiger partial charge in [0, 0.05) is 23.6 Å². The predicted octanol–water partition coefficient (Wildman–Crippen LogP) is 5.66. The van der Waals surface area contributed by atoms with Gasteiger partial charge >= 0.3 is 0 Å². The molecule has 2 aliphatic heterocycles. The lowest BCUT2D eigenvalue weighted by molar-refractivity contribution is -0.144. The van der Waals surface area contributed by atoms with Crippen LogP contribution in [0.15, 0.2) is 83.8 Å². The van der Waals surface area contributed by atoms with Crippen LogP contribution in [-0.4, -0.2) is 22.5 Å². The lowest BCUT2D eigenvalue weighted by atomic mass is 9.83. The maximum Gasteiger partial charge on any atom is 0.226 e. The molecule has 1 fully saturated rings. The summed E-state index contributed by atoms with van der Waals surface area (Å²) >= 11 is 1.50. The van der Waals surface area contributed by atoms with Crippen molar-refractivity contribution in [3.05, 3.63) is 101 Å². The molecule has 2 aliphatic rings. The molecule has 3 atom stereocenters. The summed E-state index contributed by atoms with van der Waals surface area (Å²) in [6.07, 6.45) is 1.58. The van der Waals surface area contributed by atoms with Crippen molar-refractivity contribution in [1.82, 2.24) is 10.2 Å². The van der Waals surface area contributed by atoms with Crippen molar-refractivity contribution in [2.45, 2.75) is 42.8 Å². The maximum absolute atomic E-state index is 14.3. The second kappa shape index (κ2) is 10.0. The van der Waals surface area contributed by atoms with E-state index in [1.807, 2.05) is 71.6 Å². The van der Waals surface area contributed by atoms with E-state index in [0.717, 1.165) is 28.9 Å². The SMILES string of the molecule is O=C(NC1CCSc2c(F)cccc21)C1CCC(=O)N(Cc2ccccc2)C1c1ccccc1. The van der Waals surface area contributed by atoms with Crippen LogP contribution in [0.2, 0.25) is 0 Å². The molecule has 0 aromatic heterocycles. The topological polar surface area (TPSA) is 49.4 Å². The highest BCUT2D eigenvalue weighted by Crippen LogP contribution is 2.41. The Morgan fingerprint density at radius 2 is 1.71 bits per heavy atom. The summed E-state index contributed by atoms with van der Waals surface area (Å²) in [6.45, 7) is 0.455. The highest BCUT2D eigenvalue weighted by molar-refractivity contribution is 7.99. The number of carbonyl (C=O) groups is 2. The third-order valence-corrected chi connectivity index (χ3v) is 7.88. The average molecular weight is 475 g/mol. The van der Waals surface area contributed by atoms with Gasteiger partial charge in [-0.05, 0) is 35.6 Å². The van der Waals surface area contributed by atoms with Gasteiger partial charge < -0.3 is 10.2 Å². The van der Waals surface area contributed by atoms with Crippen molar-refractivity contribution < 1.29 is 14.0 Å². The minimum absolute atomic E-state index is 0.0586. The fraction of sp³-hybridized carbons (Fsp3) is 0.286. The van der Waals surface area contributed by atoms with Crippen LogP contribution in [0.5, 0.6) is 0 Å². The fourth-order valence-corrected chi connectivity index (χ4v) is 6.21. The van der Waals surface area contributed by atoms with E-state index in [-0.39, 0.29) is 35.6 Å². The Hall–Kier alpha value is -3.12. The van der Waals surface area contributed by atoms with Gasteiger partial charge in [-0.15, -0.1) is 11.8 Å². The van der Waals surface area contributed by atoms with Crippen molar-refractivity contribution in [2.75, 3.05) is 5.75 Å². The number of piperidine rings is 1. The van der Waals surface area contributed by atoms with Gasteiger partial charge in [-0.3, -0.25) is 9.59 Å². The van der Waals surface area contributed by atoms with Crippen LogP contribution in [0.25, 0.3) is 0 Å². The minimum atomic E-state index is -0.379. The number of rotatable bonds is 5. The van der Waals surface area contributed by atoms with Crippen LogP contribution in [0.4, 0.5) is 4.39 Å². The van der Waals surface area contributed by atoms with E-state index in [0.29, 0.717) is 24.3 Å². The third kappa shape index (κ3) is 4.60. The van der Waals surface area contributed by atoms with Crippen LogP contribution in [0.1, 0.15) is 48.0 Å². The molecule has 0 spiro atoms. The molecule has 1 N–H and O–H groups in total. The van der Waals surface area contributed by atoms with Crippen molar-refractivity contribution in [1.29, 1.82) is 0 Å². The predicted molar refractivity (Wildman–Crippen MR) is 132 cm³/mol. The standard InChI is InChI=1S/C28H27FN2O2S/c29-23-13-7-12-21-24(16-17-34-27(21)23)30-28(33)22-14-15-25(32)31(18-19-8-3-1-4-9-19)26(22)20-10-5-2-6-11-20/h1-13,22,24,26H,14-18H2,(H,30,33). The number of hydrogen-bond acceptors (Lipinski definition) is 3.